The Morgan fingerprint density at radius 1 is 0.384 bits per heavy atom. The van der Waals surface area contributed by atoms with E-state index in [0.29, 0.717) is 19.4 Å². The summed E-state index contributed by atoms with van der Waals surface area (Å²) in [5.74, 6) is -0.114. The first-order valence-electron chi connectivity index (χ1n) is 32.4. The fourth-order valence-electron chi connectivity index (χ4n) is 9.88. The number of ether oxygens (including phenoxy) is 1. The van der Waals surface area contributed by atoms with Gasteiger partial charge in [-0.2, -0.15) is 0 Å². The molecule has 0 saturated carbocycles. The van der Waals surface area contributed by atoms with Gasteiger partial charge in [-0.05, 0) is 77.0 Å². The van der Waals surface area contributed by atoms with Crippen molar-refractivity contribution in [3.8, 4) is 0 Å². The molecule has 0 aromatic rings. The summed E-state index contributed by atoms with van der Waals surface area (Å²) in [4.78, 5) is 24.5. The van der Waals surface area contributed by atoms with E-state index in [9.17, 15) is 19.8 Å². The maximum absolute atomic E-state index is 12.5. The predicted octanol–water partition coefficient (Wildman–Crippen LogP) is 20.5. The summed E-state index contributed by atoms with van der Waals surface area (Å²) in [5.41, 5.74) is 0. The number of amides is 1. The summed E-state index contributed by atoms with van der Waals surface area (Å²) in [5, 5.41) is 23.2. The average molecular weight is 1020 g/mol. The van der Waals surface area contributed by atoms with E-state index in [1.165, 1.54) is 263 Å². The lowest BCUT2D eigenvalue weighted by molar-refractivity contribution is -0.143. The van der Waals surface area contributed by atoms with Crippen molar-refractivity contribution in [1.82, 2.24) is 5.32 Å². The molecule has 0 fully saturated rings. The van der Waals surface area contributed by atoms with E-state index in [2.05, 4.69) is 55.6 Å². The minimum atomic E-state index is -0.850. The zero-order chi connectivity index (χ0) is 52.9. The zero-order valence-electron chi connectivity index (χ0n) is 48.9. The summed E-state index contributed by atoms with van der Waals surface area (Å²) < 4.78 is 5.42. The second-order valence-corrected chi connectivity index (χ2v) is 22.1. The summed E-state index contributed by atoms with van der Waals surface area (Å²) in [6.45, 7) is 4.81. The van der Waals surface area contributed by atoms with E-state index in [1.807, 2.05) is 6.08 Å². The molecule has 3 N–H and O–H groups in total. The van der Waals surface area contributed by atoms with Crippen LogP contribution in [0.25, 0.3) is 0 Å². The zero-order valence-corrected chi connectivity index (χ0v) is 48.9. The average Bonchev–Trinajstić information content (AvgIpc) is 3.39. The quantitative estimate of drug-likeness (QED) is 0.0320. The highest BCUT2D eigenvalue weighted by atomic mass is 16.5. The number of aliphatic hydroxyl groups is 2. The molecular formula is C67H125NO5. The highest BCUT2D eigenvalue weighted by Crippen LogP contribution is 2.17. The lowest BCUT2D eigenvalue weighted by Gasteiger charge is -2.20. The van der Waals surface area contributed by atoms with Crippen LogP contribution in [0.4, 0.5) is 0 Å². The largest absolute Gasteiger partial charge is 0.465 e. The third kappa shape index (κ3) is 58.9. The summed E-state index contributed by atoms with van der Waals surface area (Å²) in [6.07, 6.45) is 80.3. The number of aliphatic hydroxyl groups excluding tert-OH is 2. The maximum Gasteiger partial charge on any atom is 0.305 e. The molecule has 6 heteroatoms. The first-order chi connectivity index (χ1) is 36.0. The van der Waals surface area contributed by atoms with Crippen LogP contribution >= 0.6 is 0 Å². The molecule has 0 rings (SSSR count). The van der Waals surface area contributed by atoms with E-state index >= 15 is 0 Å². The van der Waals surface area contributed by atoms with Gasteiger partial charge in [0.05, 0.1) is 25.4 Å². The van der Waals surface area contributed by atoms with Crippen LogP contribution in [-0.4, -0.2) is 47.4 Å². The Morgan fingerprint density at radius 2 is 0.685 bits per heavy atom. The summed E-state index contributed by atoms with van der Waals surface area (Å²) >= 11 is 0. The molecule has 0 aromatic heterocycles. The van der Waals surface area contributed by atoms with Gasteiger partial charge in [0.1, 0.15) is 0 Å². The fraction of sp³-hybridized carbons (Fsp3) is 0.851. The van der Waals surface area contributed by atoms with Gasteiger partial charge in [-0.1, -0.05) is 300 Å². The number of rotatable bonds is 60. The second-order valence-electron chi connectivity index (χ2n) is 22.1. The molecule has 0 bridgehead atoms. The van der Waals surface area contributed by atoms with Crippen LogP contribution in [0.1, 0.15) is 341 Å². The van der Waals surface area contributed by atoms with Crippen molar-refractivity contribution in [2.24, 2.45) is 0 Å². The van der Waals surface area contributed by atoms with Crippen LogP contribution in [-0.2, 0) is 14.3 Å². The first kappa shape index (κ1) is 70.8. The highest BCUT2D eigenvalue weighted by molar-refractivity contribution is 5.76. The Morgan fingerprint density at radius 3 is 1.05 bits per heavy atom. The number of carbonyl (C=O) groups is 2. The van der Waals surface area contributed by atoms with Crippen LogP contribution in [0, 0.1) is 0 Å². The molecular weight excluding hydrogens is 899 g/mol. The summed E-state index contributed by atoms with van der Waals surface area (Å²) in [6, 6.07) is -0.633. The van der Waals surface area contributed by atoms with Crippen molar-refractivity contribution >= 4 is 11.9 Å². The minimum Gasteiger partial charge on any atom is -0.465 e. The normalized spacial score (nSPS) is 12.9. The monoisotopic (exact) mass is 1020 g/mol. The van der Waals surface area contributed by atoms with Crippen LogP contribution in [0.2, 0.25) is 0 Å². The van der Waals surface area contributed by atoms with Gasteiger partial charge in [0, 0.05) is 12.8 Å². The molecule has 0 aliphatic heterocycles. The number of esters is 1. The van der Waals surface area contributed by atoms with Crippen LogP contribution < -0.4 is 5.32 Å². The Bertz CT molecular complexity index is 1230. The number of unbranched alkanes of at least 4 members (excludes halogenated alkanes) is 43. The molecule has 0 aromatic carbocycles. The molecule has 428 valence electrons. The fourth-order valence-corrected chi connectivity index (χ4v) is 9.88. The van der Waals surface area contributed by atoms with Gasteiger partial charge in [-0.3, -0.25) is 9.59 Å². The molecule has 1 amide bonds. The van der Waals surface area contributed by atoms with E-state index < -0.39 is 12.1 Å². The third-order valence-corrected chi connectivity index (χ3v) is 14.8. The molecule has 2 atom stereocenters. The van der Waals surface area contributed by atoms with Crippen molar-refractivity contribution in [3.63, 3.8) is 0 Å². The second kappa shape index (κ2) is 62.4. The standard InChI is InChI=1S/C67H125NO5/c1-3-5-7-9-11-13-15-17-19-21-25-28-31-35-39-43-47-51-55-59-65(70)64(63-69)68-66(71)60-56-52-48-44-40-36-32-29-26-23-22-24-27-30-34-38-42-46-50-54-58-62-73-67(72)61-57-53-49-45-41-37-33-20-18-16-14-12-10-8-6-4-2/h20,33,38,42,50,54-55,59,64-65,69-70H,3-19,21-32,34-37,39-41,43-49,51-53,56-58,60-63H2,1-2H3,(H,68,71)/b33-20-,42-38-,54-50-,59-55+. The Balaban J connectivity index is 3.48. The van der Waals surface area contributed by atoms with Gasteiger partial charge in [0.2, 0.25) is 5.91 Å². The third-order valence-electron chi connectivity index (χ3n) is 14.8. The molecule has 0 heterocycles. The van der Waals surface area contributed by atoms with Crippen molar-refractivity contribution in [2.75, 3.05) is 13.2 Å². The van der Waals surface area contributed by atoms with Crippen molar-refractivity contribution in [3.05, 3.63) is 48.6 Å². The molecule has 0 spiro atoms. The molecule has 6 nitrogen and oxygen atoms in total. The molecule has 0 aliphatic carbocycles. The van der Waals surface area contributed by atoms with Crippen LogP contribution in [0.15, 0.2) is 48.6 Å². The van der Waals surface area contributed by atoms with E-state index in [1.54, 1.807) is 6.08 Å². The van der Waals surface area contributed by atoms with Crippen LogP contribution in [0.3, 0.4) is 0 Å². The number of carbonyl (C=O) groups excluding carboxylic acids is 2. The molecule has 73 heavy (non-hydrogen) atoms. The molecule has 0 radical (unpaired) electrons. The Labute approximate surface area is 455 Å². The van der Waals surface area contributed by atoms with Crippen molar-refractivity contribution < 1.29 is 24.5 Å². The number of nitrogens with one attached hydrogen (secondary N) is 1. The molecule has 2 unspecified atom stereocenters. The van der Waals surface area contributed by atoms with E-state index in [4.69, 9.17) is 4.74 Å². The van der Waals surface area contributed by atoms with Crippen LogP contribution in [0.5, 0.6) is 0 Å². The highest BCUT2D eigenvalue weighted by Gasteiger charge is 2.18. The molecule has 0 saturated heterocycles. The number of hydrogen-bond donors (Lipinski definition) is 3. The summed E-state index contributed by atoms with van der Waals surface area (Å²) in [7, 11) is 0. The van der Waals surface area contributed by atoms with Gasteiger partial charge in [0.25, 0.3) is 0 Å². The lowest BCUT2D eigenvalue weighted by Crippen LogP contribution is -2.45. The van der Waals surface area contributed by atoms with Gasteiger partial charge in [-0.15, -0.1) is 0 Å². The number of hydrogen-bond acceptors (Lipinski definition) is 5. The lowest BCUT2D eigenvalue weighted by atomic mass is 10.0. The first-order valence-corrected chi connectivity index (χ1v) is 32.4. The Hall–Kier alpha value is -2.18. The Kier molecular flexibility index (Phi) is 60.5. The van der Waals surface area contributed by atoms with Gasteiger partial charge < -0.3 is 20.3 Å². The van der Waals surface area contributed by atoms with Crippen molar-refractivity contribution in [1.29, 1.82) is 0 Å². The van der Waals surface area contributed by atoms with E-state index in [0.717, 1.165) is 51.4 Å². The topological polar surface area (TPSA) is 95.9 Å². The predicted molar refractivity (Wildman–Crippen MR) is 319 cm³/mol. The van der Waals surface area contributed by atoms with Gasteiger partial charge in [-0.25, -0.2) is 0 Å². The SMILES string of the molecule is CCCCCCCCC/C=C\CCCCCCCC(=O)OCC/C=C\C/C=C\CCCCCCCCCCCCCCCCC(=O)NC(CO)C(O)/C=C/CCCCCCCCCCCCCCCCCCC. The van der Waals surface area contributed by atoms with Gasteiger partial charge >= 0.3 is 5.97 Å². The maximum atomic E-state index is 12.5. The smallest absolute Gasteiger partial charge is 0.305 e. The van der Waals surface area contributed by atoms with Gasteiger partial charge in [0.15, 0.2) is 0 Å². The van der Waals surface area contributed by atoms with E-state index in [-0.39, 0.29) is 18.5 Å². The number of allylic oxidation sites excluding steroid dienone is 6. The van der Waals surface area contributed by atoms with Crippen molar-refractivity contribution in [2.45, 2.75) is 353 Å². The molecule has 0 aliphatic rings. The minimum absolute atomic E-state index is 0.0432.